The SMILES string of the molecule is C/C=C(\N=C(/C)c1cccnc1)c1c[nH]c2ccccc12. The molecule has 0 saturated heterocycles. The zero-order valence-corrected chi connectivity index (χ0v) is 12.2. The lowest BCUT2D eigenvalue weighted by molar-refractivity contribution is 1.31. The number of para-hydroxylation sites is 1. The van der Waals surface area contributed by atoms with E-state index in [1.54, 1.807) is 6.20 Å². The minimum absolute atomic E-state index is 0.960. The number of rotatable bonds is 3. The van der Waals surface area contributed by atoms with Crippen molar-refractivity contribution in [2.24, 2.45) is 4.99 Å². The molecule has 3 nitrogen and oxygen atoms in total. The molecule has 3 aromatic rings. The molecule has 2 heterocycles. The van der Waals surface area contributed by atoms with Crippen molar-refractivity contribution in [3.05, 3.63) is 72.2 Å². The molecule has 0 spiro atoms. The van der Waals surface area contributed by atoms with Gasteiger partial charge in [0.2, 0.25) is 0 Å². The molecule has 1 aromatic carbocycles. The van der Waals surface area contributed by atoms with Gasteiger partial charge in [-0.15, -0.1) is 0 Å². The van der Waals surface area contributed by atoms with Crippen LogP contribution in [0.15, 0.2) is 66.1 Å². The lowest BCUT2D eigenvalue weighted by Gasteiger charge is -2.04. The van der Waals surface area contributed by atoms with Crippen LogP contribution in [0, 0.1) is 0 Å². The van der Waals surface area contributed by atoms with Gasteiger partial charge in [0, 0.05) is 46.3 Å². The molecule has 0 aliphatic rings. The van der Waals surface area contributed by atoms with E-state index < -0.39 is 0 Å². The molecule has 0 radical (unpaired) electrons. The topological polar surface area (TPSA) is 41.0 Å². The van der Waals surface area contributed by atoms with Crippen molar-refractivity contribution < 1.29 is 0 Å². The number of H-pyrrole nitrogens is 1. The molecule has 0 bridgehead atoms. The van der Waals surface area contributed by atoms with Crippen LogP contribution in [-0.4, -0.2) is 15.7 Å². The van der Waals surface area contributed by atoms with Crippen LogP contribution in [-0.2, 0) is 0 Å². The Morgan fingerprint density at radius 3 is 2.81 bits per heavy atom. The fraction of sp³-hybridized carbons (Fsp3) is 0.111. The van der Waals surface area contributed by atoms with Gasteiger partial charge in [0.25, 0.3) is 0 Å². The average molecular weight is 275 g/mol. The van der Waals surface area contributed by atoms with Gasteiger partial charge in [-0.05, 0) is 26.0 Å². The van der Waals surface area contributed by atoms with Crippen LogP contribution in [0.1, 0.15) is 25.0 Å². The van der Waals surface area contributed by atoms with Gasteiger partial charge in [-0.3, -0.25) is 9.98 Å². The lowest BCUT2D eigenvalue weighted by atomic mass is 10.1. The van der Waals surface area contributed by atoms with E-state index in [0.29, 0.717) is 0 Å². The molecule has 0 amide bonds. The van der Waals surface area contributed by atoms with Crippen molar-refractivity contribution in [2.75, 3.05) is 0 Å². The monoisotopic (exact) mass is 275 g/mol. The first-order valence-electron chi connectivity index (χ1n) is 6.98. The van der Waals surface area contributed by atoms with Gasteiger partial charge in [-0.25, -0.2) is 0 Å². The summed E-state index contributed by atoms with van der Waals surface area (Å²) < 4.78 is 0. The van der Waals surface area contributed by atoms with Crippen molar-refractivity contribution in [2.45, 2.75) is 13.8 Å². The summed E-state index contributed by atoms with van der Waals surface area (Å²) in [7, 11) is 0. The Labute approximate surface area is 124 Å². The molecule has 1 N–H and O–H groups in total. The van der Waals surface area contributed by atoms with E-state index in [2.05, 4.69) is 22.1 Å². The summed E-state index contributed by atoms with van der Waals surface area (Å²) in [6.45, 7) is 4.02. The number of allylic oxidation sites excluding steroid dienone is 1. The molecule has 104 valence electrons. The van der Waals surface area contributed by atoms with Gasteiger partial charge in [-0.2, -0.15) is 0 Å². The van der Waals surface area contributed by atoms with Crippen LogP contribution < -0.4 is 0 Å². The van der Waals surface area contributed by atoms with Crippen LogP contribution in [0.2, 0.25) is 0 Å². The van der Waals surface area contributed by atoms with Gasteiger partial charge in [0.1, 0.15) is 0 Å². The van der Waals surface area contributed by atoms with Crippen LogP contribution in [0.25, 0.3) is 16.6 Å². The second-order valence-electron chi connectivity index (χ2n) is 4.86. The number of pyridine rings is 1. The third-order valence-corrected chi connectivity index (χ3v) is 3.51. The van der Waals surface area contributed by atoms with Crippen LogP contribution in [0.3, 0.4) is 0 Å². The number of benzene rings is 1. The Kier molecular flexibility index (Phi) is 3.65. The van der Waals surface area contributed by atoms with E-state index in [9.17, 15) is 0 Å². The molecule has 3 heteroatoms. The smallest absolute Gasteiger partial charge is 0.0684 e. The second-order valence-corrected chi connectivity index (χ2v) is 4.86. The van der Waals surface area contributed by atoms with Gasteiger partial charge in [0.15, 0.2) is 0 Å². The molecular formula is C18H17N3. The first-order valence-corrected chi connectivity index (χ1v) is 6.98. The number of hydrogen-bond donors (Lipinski definition) is 1. The highest BCUT2D eigenvalue weighted by Crippen LogP contribution is 2.26. The predicted octanol–water partition coefficient (Wildman–Crippen LogP) is 4.43. The van der Waals surface area contributed by atoms with Gasteiger partial charge in [0.05, 0.1) is 5.70 Å². The Morgan fingerprint density at radius 1 is 1.19 bits per heavy atom. The number of aromatic amines is 1. The fourth-order valence-corrected chi connectivity index (χ4v) is 2.39. The highest BCUT2D eigenvalue weighted by atomic mass is 14.8. The van der Waals surface area contributed by atoms with Crippen molar-refractivity contribution in [1.29, 1.82) is 0 Å². The van der Waals surface area contributed by atoms with E-state index in [-0.39, 0.29) is 0 Å². The van der Waals surface area contributed by atoms with Gasteiger partial charge < -0.3 is 4.98 Å². The average Bonchev–Trinajstić information content (AvgIpc) is 2.97. The molecule has 0 saturated carbocycles. The number of fused-ring (bicyclic) bond motifs is 1. The summed E-state index contributed by atoms with van der Waals surface area (Å²) in [5, 5.41) is 1.19. The van der Waals surface area contributed by atoms with E-state index in [0.717, 1.165) is 28.1 Å². The Hall–Kier alpha value is -2.68. The Morgan fingerprint density at radius 2 is 2.05 bits per heavy atom. The van der Waals surface area contributed by atoms with Crippen molar-refractivity contribution in [3.63, 3.8) is 0 Å². The largest absolute Gasteiger partial charge is 0.360 e. The molecule has 0 unspecified atom stereocenters. The first-order chi connectivity index (χ1) is 10.3. The number of nitrogens with zero attached hydrogens (tertiary/aromatic N) is 2. The zero-order valence-electron chi connectivity index (χ0n) is 12.2. The summed E-state index contributed by atoms with van der Waals surface area (Å²) in [6, 6.07) is 12.2. The van der Waals surface area contributed by atoms with Crippen LogP contribution in [0.4, 0.5) is 0 Å². The number of hydrogen-bond acceptors (Lipinski definition) is 2. The molecule has 0 aliphatic carbocycles. The number of aromatic nitrogens is 2. The van der Waals surface area contributed by atoms with Crippen molar-refractivity contribution >= 4 is 22.3 Å². The number of aliphatic imine (C=N–C) groups is 1. The van der Waals surface area contributed by atoms with Gasteiger partial charge >= 0.3 is 0 Å². The fourth-order valence-electron chi connectivity index (χ4n) is 2.39. The maximum absolute atomic E-state index is 4.78. The molecule has 0 aliphatic heterocycles. The van der Waals surface area contributed by atoms with Crippen molar-refractivity contribution in [3.8, 4) is 0 Å². The summed E-state index contributed by atoms with van der Waals surface area (Å²) >= 11 is 0. The van der Waals surface area contributed by atoms with E-state index in [1.807, 2.05) is 56.6 Å². The van der Waals surface area contributed by atoms with Crippen LogP contribution >= 0.6 is 0 Å². The molecule has 21 heavy (non-hydrogen) atoms. The van der Waals surface area contributed by atoms with E-state index >= 15 is 0 Å². The minimum atomic E-state index is 0.960. The highest BCUT2D eigenvalue weighted by molar-refractivity contribution is 6.03. The van der Waals surface area contributed by atoms with Crippen molar-refractivity contribution in [1.82, 2.24) is 9.97 Å². The first kappa shape index (κ1) is 13.3. The maximum atomic E-state index is 4.78. The summed E-state index contributed by atoms with van der Waals surface area (Å²) in [5.74, 6) is 0. The Balaban J connectivity index is 2.04. The van der Waals surface area contributed by atoms with Crippen LogP contribution in [0.5, 0.6) is 0 Å². The third kappa shape index (κ3) is 2.63. The standard InChI is InChI=1S/C18H17N3/c1-3-17(21-13(2)14-7-6-10-19-11-14)16-12-20-18-9-5-4-8-15(16)18/h3-12,20H,1-2H3/b17-3-,21-13+. The lowest BCUT2D eigenvalue weighted by Crippen LogP contribution is -1.95. The summed E-state index contributed by atoms with van der Waals surface area (Å²) in [5.41, 5.74) is 5.21. The highest BCUT2D eigenvalue weighted by Gasteiger charge is 2.07. The third-order valence-electron chi connectivity index (χ3n) is 3.51. The summed E-state index contributed by atoms with van der Waals surface area (Å²) in [4.78, 5) is 12.2. The second kappa shape index (κ2) is 5.75. The molecule has 0 fully saturated rings. The maximum Gasteiger partial charge on any atom is 0.0684 e. The minimum Gasteiger partial charge on any atom is -0.360 e. The molecule has 0 atom stereocenters. The Bertz CT molecular complexity index is 811. The molecule has 2 aromatic heterocycles. The van der Waals surface area contributed by atoms with E-state index in [4.69, 9.17) is 4.99 Å². The normalized spacial score (nSPS) is 12.9. The van der Waals surface area contributed by atoms with E-state index in [1.165, 1.54) is 5.39 Å². The van der Waals surface area contributed by atoms with Gasteiger partial charge in [-0.1, -0.05) is 30.3 Å². The quantitative estimate of drug-likeness (QED) is 0.706. The zero-order chi connectivity index (χ0) is 14.7. The summed E-state index contributed by atoms with van der Waals surface area (Å²) in [6.07, 6.45) is 7.66. The predicted molar refractivity (Wildman–Crippen MR) is 88.4 cm³/mol. The molecular weight excluding hydrogens is 258 g/mol. The number of nitrogens with one attached hydrogen (secondary N) is 1. The molecule has 3 rings (SSSR count).